The van der Waals surface area contributed by atoms with Gasteiger partial charge in [0, 0.05) is 19.0 Å². The Morgan fingerprint density at radius 1 is 1.57 bits per heavy atom. The Bertz CT molecular complexity index is 576. The highest BCUT2D eigenvalue weighted by atomic mass is 16.6. The maximum Gasteiger partial charge on any atom is 0.329 e. The second kappa shape index (κ2) is 7.70. The Morgan fingerprint density at radius 2 is 2.30 bits per heavy atom. The minimum absolute atomic E-state index is 0.0349. The summed E-state index contributed by atoms with van der Waals surface area (Å²) >= 11 is 0. The van der Waals surface area contributed by atoms with E-state index in [9.17, 15) is 14.9 Å². The molecule has 1 aliphatic rings. The number of nitrogens with one attached hydrogen (secondary N) is 2. The van der Waals surface area contributed by atoms with Gasteiger partial charge in [-0.3, -0.25) is 14.9 Å². The average Bonchev–Trinajstić information content (AvgIpc) is 3.29. The summed E-state index contributed by atoms with van der Waals surface area (Å²) in [5.41, 5.74) is -0.137. The monoisotopic (exact) mass is 323 g/mol. The van der Waals surface area contributed by atoms with Crippen molar-refractivity contribution in [2.75, 3.05) is 23.8 Å². The van der Waals surface area contributed by atoms with E-state index in [4.69, 9.17) is 4.74 Å². The highest BCUT2D eigenvalue weighted by Gasteiger charge is 2.26. The molecule has 1 heterocycles. The lowest BCUT2D eigenvalue weighted by molar-refractivity contribution is -0.384. The first-order chi connectivity index (χ1) is 11.0. The van der Waals surface area contributed by atoms with E-state index in [1.165, 1.54) is 6.20 Å². The summed E-state index contributed by atoms with van der Waals surface area (Å²) in [5.74, 6) is 0.317. The fourth-order valence-corrected chi connectivity index (χ4v) is 1.96. The SMILES string of the molecule is CCOC(=O)C[C@@H](C)CNc1ncc([N+](=O)[O-])c(NC2CC2)n1. The van der Waals surface area contributed by atoms with Gasteiger partial charge in [0.15, 0.2) is 0 Å². The predicted octanol–water partition coefficient (Wildman–Crippen LogP) is 1.96. The third-order valence-electron chi connectivity index (χ3n) is 3.31. The van der Waals surface area contributed by atoms with Crippen molar-refractivity contribution in [3.05, 3.63) is 16.3 Å². The van der Waals surface area contributed by atoms with Crippen LogP contribution < -0.4 is 10.6 Å². The van der Waals surface area contributed by atoms with Gasteiger partial charge in [-0.1, -0.05) is 6.92 Å². The lowest BCUT2D eigenvalue weighted by Gasteiger charge is -2.12. The highest BCUT2D eigenvalue weighted by molar-refractivity contribution is 5.69. The summed E-state index contributed by atoms with van der Waals surface area (Å²) in [4.78, 5) is 30.0. The third-order valence-corrected chi connectivity index (χ3v) is 3.31. The lowest BCUT2D eigenvalue weighted by atomic mass is 10.1. The van der Waals surface area contributed by atoms with Gasteiger partial charge in [0.25, 0.3) is 0 Å². The number of carbonyl (C=O) groups is 1. The quantitative estimate of drug-likeness (QED) is 0.402. The zero-order valence-corrected chi connectivity index (χ0v) is 13.2. The molecule has 126 valence electrons. The van der Waals surface area contributed by atoms with Gasteiger partial charge >= 0.3 is 11.7 Å². The van der Waals surface area contributed by atoms with Crippen LogP contribution in [0.4, 0.5) is 17.5 Å². The standard InChI is InChI=1S/C14H21N5O4/c1-3-23-12(20)6-9(2)7-15-14-16-8-11(19(21)22)13(18-14)17-10-4-5-10/h8-10H,3-7H2,1-2H3,(H2,15,16,17,18)/t9-/m1/s1. The average molecular weight is 323 g/mol. The first kappa shape index (κ1) is 16.9. The molecule has 1 saturated carbocycles. The van der Waals surface area contributed by atoms with E-state index in [1.54, 1.807) is 6.92 Å². The molecule has 23 heavy (non-hydrogen) atoms. The Balaban J connectivity index is 1.94. The molecule has 0 saturated heterocycles. The van der Waals surface area contributed by atoms with Crippen LogP contribution in [0.15, 0.2) is 6.20 Å². The number of nitrogens with zero attached hydrogens (tertiary/aromatic N) is 3. The minimum atomic E-state index is -0.502. The van der Waals surface area contributed by atoms with Crippen LogP contribution in [0.1, 0.15) is 33.1 Å². The minimum Gasteiger partial charge on any atom is -0.466 e. The van der Waals surface area contributed by atoms with E-state index in [2.05, 4.69) is 20.6 Å². The Morgan fingerprint density at radius 3 is 2.91 bits per heavy atom. The first-order valence-corrected chi connectivity index (χ1v) is 7.67. The van der Waals surface area contributed by atoms with Crippen molar-refractivity contribution in [2.24, 2.45) is 5.92 Å². The maximum atomic E-state index is 11.4. The van der Waals surface area contributed by atoms with Gasteiger partial charge in [-0.25, -0.2) is 4.98 Å². The van der Waals surface area contributed by atoms with Gasteiger partial charge in [-0.2, -0.15) is 4.98 Å². The van der Waals surface area contributed by atoms with E-state index in [0.29, 0.717) is 25.5 Å². The smallest absolute Gasteiger partial charge is 0.329 e. The molecule has 0 aromatic carbocycles. The van der Waals surface area contributed by atoms with Crippen LogP contribution in [0.3, 0.4) is 0 Å². The molecule has 0 spiro atoms. The molecule has 2 N–H and O–H groups in total. The number of esters is 1. The first-order valence-electron chi connectivity index (χ1n) is 7.67. The molecule has 0 aliphatic heterocycles. The van der Waals surface area contributed by atoms with Crippen LogP contribution in [-0.2, 0) is 9.53 Å². The van der Waals surface area contributed by atoms with Crippen LogP contribution in [-0.4, -0.2) is 40.1 Å². The second-order valence-corrected chi connectivity index (χ2v) is 5.60. The summed E-state index contributed by atoms with van der Waals surface area (Å²) in [6.07, 6.45) is 3.46. The summed E-state index contributed by atoms with van der Waals surface area (Å²) in [7, 11) is 0. The normalized spacial score (nSPS) is 14.9. The number of anilines is 2. The maximum absolute atomic E-state index is 11.4. The van der Waals surface area contributed by atoms with Gasteiger partial charge in [-0.15, -0.1) is 0 Å². The second-order valence-electron chi connectivity index (χ2n) is 5.60. The highest BCUT2D eigenvalue weighted by Crippen LogP contribution is 2.29. The van der Waals surface area contributed by atoms with Crippen LogP contribution in [0.5, 0.6) is 0 Å². The Hall–Kier alpha value is -2.45. The van der Waals surface area contributed by atoms with Crippen LogP contribution >= 0.6 is 0 Å². The summed E-state index contributed by atoms with van der Waals surface area (Å²) in [6, 6.07) is 0.249. The van der Waals surface area contributed by atoms with Crippen molar-refractivity contribution >= 4 is 23.4 Å². The fraction of sp³-hybridized carbons (Fsp3) is 0.643. The van der Waals surface area contributed by atoms with Crippen LogP contribution in [0.2, 0.25) is 0 Å². The molecular formula is C14H21N5O4. The summed E-state index contributed by atoms with van der Waals surface area (Å²) in [6.45, 7) is 4.50. The zero-order valence-electron chi connectivity index (χ0n) is 13.2. The third kappa shape index (κ3) is 5.35. The Labute approximate surface area is 134 Å². The molecule has 2 rings (SSSR count). The molecule has 1 fully saturated rings. The predicted molar refractivity (Wildman–Crippen MR) is 84.2 cm³/mol. The van der Waals surface area contributed by atoms with E-state index in [1.807, 2.05) is 6.92 Å². The van der Waals surface area contributed by atoms with Crippen LogP contribution in [0.25, 0.3) is 0 Å². The van der Waals surface area contributed by atoms with E-state index in [0.717, 1.165) is 12.8 Å². The Kier molecular flexibility index (Phi) is 5.67. The molecular weight excluding hydrogens is 302 g/mol. The molecule has 1 aromatic heterocycles. The van der Waals surface area contributed by atoms with E-state index < -0.39 is 4.92 Å². The van der Waals surface area contributed by atoms with E-state index in [-0.39, 0.29) is 29.4 Å². The number of ether oxygens (including phenoxy) is 1. The molecule has 9 nitrogen and oxygen atoms in total. The fourth-order valence-electron chi connectivity index (χ4n) is 1.96. The van der Waals surface area contributed by atoms with Gasteiger partial charge < -0.3 is 15.4 Å². The van der Waals surface area contributed by atoms with Gasteiger partial charge in [0.1, 0.15) is 6.20 Å². The molecule has 1 atom stereocenters. The number of carbonyl (C=O) groups excluding carboxylic acids is 1. The van der Waals surface area contributed by atoms with Gasteiger partial charge in [0.05, 0.1) is 11.5 Å². The van der Waals surface area contributed by atoms with Gasteiger partial charge in [-0.05, 0) is 25.7 Å². The molecule has 0 unspecified atom stereocenters. The largest absolute Gasteiger partial charge is 0.466 e. The van der Waals surface area contributed by atoms with Crippen molar-refractivity contribution < 1.29 is 14.5 Å². The van der Waals surface area contributed by atoms with Crippen molar-refractivity contribution in [2.45, 2.75) is 39.2 Å². The number of rotatable bonds is 9. The molecule has 9 heteroatoms. The molecule has 0 bridgehead atoms. The molecule has 0 amide bonds. The molecule has 1 aromatic rings. The van der Waals surface area contributed by atoms with Gasteiger partial charge in [0.2, 0.25) is 11.8 Å². The number of aromatic nitrogens is 2. The van der Waals surface area contributed by atoms with Crippen molar-refractivity contribution in [1.29, 1.82) is 0 Å². The number of hydrogen-bond acceptors (Lipinski definition) is 8. The summed E-state index contributed by atoms with van der Waals surface area (Å²) in [5, 5.41) is 17.0. The zero-order chi connectivity index (χ0) is 16.8. The van der Waals surface area contributed by atoms with Crippen molar-refractivity contribution in [3.8, 4) is 0 Å². The van der Waals surface area contributed by atoms with Crippen LogP contribution in [0, 0.1) is 16.0 Å². The summed E-state index contributed by atoms with van der Waals surface area (Å²) < 4.78 is 4.89. The van der Waals surface area contributed by atoms with E-state index >= 15 is 0 Å². The topological polar surface area (TPSA) is 119 Å². The number of nitro groups is 1. The lowest BCUT2D eigenvalue weighted by Crippen LogP contribution is -2.18. The van der Waals surface area contributed by atoms with Crippen molar-refractivity contribution in [1.82, 2.24) is 9.97 Å². The molecule has 1 aliphatic carbocycles. The number of hydrogen-bond donors (Lipinski definition) is 2. The molecule has 0 radical (unpaired) electrons. The van der Waals surface area contributed by atoms with Crippen molar-refractivity contribution in [3.63, 3.8) is 0 Å².